The van der Waals surface area contributed by atoms with Gasteiger partial charge in [0, 0.05) is 23.7 Å². The highest BCUT2D eigenvalue weighted by atomic mass is 32.1. The van der Waals surface area contributed by atoms with Gasteiger partial charge in [0.05, 0.1) is 12.1 Å². The van der Waals surface area contributed by atoms with E-state index in [0.29, 0.717) is 6.04 Å². The summed E-state index contributed by atoms with van der Waals surface area (Å²) in [5.41, 5.74) is 1.32. The van der Waals surface area contributed by atoms with Crippen LogP contribution in [0.3, 0.4) is 0 Å². The number of hydrogen-bond donors (Lipinski definition) is 1. The van der Waals surface area contributed by atoms with Crippen LogP contribution in [0.2, 0.25) is 0 Å². The van der Waals surface area contributed by atoms with E-state index in [1.54, 1.807) is 18.4 Å². The molecular formula is C15H20N2OS. The molecule has 1 heterocycles. The standard InChI is InChI=1S/C15H20N2OS/c1-11(16-9-15-10-17-12(2)19-15)8-13-4-6-14(18-3)7-5-13/h4-7,10-11,16H,8-9H2,1-3H3. The topological polar surface area (TPSA) is 34.1 Å². The maximum Gasteiger partial charge on any atom is 0.118 e. The van der Waals surface area contributed by atoms with Crippen LogP contribution in [0.1, 0.15) is 22.4 Å². The third kappa shape index (κ3) is 4.33. The third-order valence-electron chi connectivity index (χ3n) is 2.99. The molecule has 19 heavy (non-hydrogen) atoms. The van der Waals surface area contributed by atoms with Crippen LogP contribution in [0, 0.1) is 6.92 Å². The fourth-order valence-corrected chi connectivity index (χ4v) is 2.69. The van der Waals surface area contributed by atoms with Gasteiger partial charge < -0.3 is 10.1 Å². The minimum absolute atomic E-state index is 0.441. The van der Waals surface area contributed by atoms with Crippen molar-refractivity contribution in [3.05, 3.63) is 45.9 Å². The molecule has 0 bridgehead atoms. The molecule has 1 atom stereocenters. The van der Waals surface area contributed by atoms with Crippen LogP contribution >= 0.6 is 11.3 Å². The van der Waals surface area contributed by atoms with Gasteiger partial charge in [0.15, 0.2) is 0 Å². The number of ether oxygens (including phenoxy) is 1. The largest absolute Gasteiger partial charge is 0.497 e. The summed E-state index contributed by atoms with van der Waals surface area (Å²) in [6, 6.07) is 8.70. The van der Waals surface area contributed by atoms with Gasteiger partial charge in [0.1, 0.15) is 5.75 Å². The average molecular weight is 276 g/mol. The van der Waals surface area contributed by atoms with Gasteiger partial charge in [-0.25, -0.2) is 4.98 Å². The monoisotopic (exact) mass is 276 g/mol. The van der Waals surface area contributed by atoms with Crippen LogP contribution in [-0.2, 0) is 13.0 Å². The Morgan fingerprint density at radius 1 is 1.32 bits per heavy atom. The van der Waals surface area contributed by atoms with E-state index in [1.807, 2.05) is 25.3 Å². The van der Waals surface area contributed by atoms with Gasteiger partial charge in [-0.15, -0.1) is 11.3 Å². The van der Waals surface area contributed by atoms with E-state index in [-0.39, 0.29) is 0 Å². The quantitative estimate of drug-likeness (QED) is 0.880. The molecule has 2 rings (SSSR count). The first kappa shape index (κ1) is 14.0. The van der Waals surface area contributed by atoms with E-state index in [1.165, 1.54) is 10.4 Å². The lowest BCUT2D eigenvalue weighted by molar-refractivity contribution is 0.414. The van der Waals surface area contributed by atoms with Crippen LogP contribution in [0.5, 0.6) is 5.75 Å². The molecule has 0 aliphatic carbocycles. The summed E-state index contributed by atoms with van der Waals surface area (Å²) in [5, 5.41) is 4.65. The molecule has 0 radical (unpaired) electrons. The van der Waals surface area contributed by atoms with Crippen LogP contribution in [-0.4, -0.2) is 18.1 Å². The SMILES string of the molecule is COc1ccc(CC(C)NCc2cnc(C)s2)cc1. The lowest BCUT2D eigenvalue weighted by Gasteiger charge is -2.13. The number of aryl methyl sites for hydroxylation is 1. The van der Waals surface area contributed by atoms with E-state index < -0.39 is 0 Å². The second kappa shape index (κ2) is 6.68. The van der Waals surface area contributed by atoms with Gasteiger partial charge in [0.2, 0.25) is 0 Å². The molecule has 102 valence electrons. The number of rotatable bonds is 6. The zero-order valence-corrected chi connectivity index (χ0v) is 12.5. The Hall–Kier alpha value is -1.39. The molecular weight excluding hydrogens is 256 g/mol. The van der Waals surface area contributed by atoms with Gasteiger partial charge in [-0.3, -0.25) is 0 Å². The zero-order chi connectivity index (χ0) is 13.7. The van der Waals surface area contributed by atoms with Crippen LogP contribution in [0.25, 0.3) is 0 Å². The second-order valence-electron chi connectivity index (χ2n) is 4.68. The first-order chi connectivity index (χ1) is 9.17. The van der Waals surface area contributed by atoms with Crippen molar-refractivity contribution in [2.75, 3.05) is 7.11 Å². The van der Waals surface area contributed by atoms with Crippen molar-refractivity contribution < 1.29 is 4.74 Å². The maximum atomic E-state index is 5.16. The van der Waals surface area contributed by atoms with E-state index in [4.69, 9.17) is 4.74 Å². The number of hydrogen-bond acceptors (Lipinski definition) is 4. The Morgan fingerprint density at radius 3 is 2.63 bits per heavy atom. The Kier molecular flexibility index (Phi) is 4.93. The zero-order valence-electron chi connectivity index (χ0n) is 11.6. The summed E-state index contributed by atoms with van der Waals surface area (Å²) in [4.78, 5) is 5.55. The van der Waals surface area contributed by atoms with E-state index in [9.17, 15) is 0 Å². The Morgan fingerprint density at radius 2 is 2.05 bits per heavy atom. The smallest absolute Gasteiger partial charge is 0.118 e. The van der Waals surface area contributed by atoms with E-state index in [0.717, 1.165) is 23.7 Å². The molecule has 0 saturated heterocycles. The minimum Gasteiger partial charge on any atom is -0.497 e. The molecule has 1 aromatic heterocycles. The van der Waals surface area contributed by atoms with Crippen LogP contribution in [0.15, 0.2) is 30.5 Å². The predicted octanol–water partition coefficient (Wildman–Crippen LogP) is 3.18. The molecule has 0 aliphatic rings. The predicted molar refractivity (Wildman–Crippen MR) is 79.9 cm³/mol. The highest BCUT2D eigenvalue weighted by Gasteiger charge is 2.05. The number of nitrogens with one attached hydrogen (secondary N) is 1. The first-order valence-corrected chi connectivity index (χ1v) is 7.26. The molecule has 0 spiro atoms. The highest BCUT2D eigenvalue weighted by Crippen LogP contribution is 2.14. The van der Waals surface area contributed by atoms with Gasteiger partial charge in [-0.05, 0) is 38.0 Å². The summed E-state index contributed by atoms with van der Waals surface area (Å²) < 4.78 is 5.16. The number of methoxy groups -OCH3 is 1. The molecule has 0 fully saturated rings. The maximum absolute atomic E-state index is 5.16. The molecule has 1 aromatic carbocycles. The van der Waals surface area contributed by atoms with E-state index >= 15 is 0 Å². The number of thiazole rings is 1. The molecule has 3 nitrogen and oxygen atoms in total. The minimum atomic E-state index is 0.441. The fourth-order valence-electron chi connectivity index (χ4n) is 1.95. The normalized spacial score (nSPS) is 12.4. The van der Waals surface area contributed by atoms with Crippen molar-refractivity contribution in [2.45, 2.75) is 32.9 Å². The second-order valence-corrected chi connectivity index (χ2v) is 6.00. The average Bonchev–Trinajstić information content (AvgIpc) is 2.83. The van der Waals surface area contributed by atoms with Gasteiger partial charge in [0.25, 0.3) is 0 Å². The lowest BCUT2D eigenvalue weighted by Crippen LogP contribution is -2.27. The molecule has 0 saturated carbocycles. The molecule has 1 N–H and O–H groups in total. The lowest BCUT2D eigenvalue weighted by atomic mass is 10.1. The van der Waals surface area contributed by atoms with Crippen molar-refractivity contribution in [3.8, 4) is 5.75 Å². The van der Waals surface area contributed by atoms with Crippen LogP contribution in [0.4, 0.5) is 0 Å². The fraction of sp³-hybridized carbons (Fsp3) is 0.400. The third-order valence-corrected chi connectivity index (χ3v) is 3.91. The Labute approximate surface area is 118 Å². The summed E-state index contributed by atoms with van der Waals surface area (Å²) >= 11 is 1.75. The molecule has 1 unspecified atom stereocenters. The van der Waals surface area contributed by atoms with Crippen molar-refractivity contribution in [1.82, 2.24) is 10.3 Å². The Bertz CT molecular complexity index is 507. The van der Waals surface area contributed by atoms with Gasteiger partial charge in [-0.1, -0.05) is 12.1 Å². The number of benzene rings is 1. The highest BCUT2D eigenvalue weighted by molar-refractivity contribution is 7.11. The summed E-state index contributed by atoms with van der Waals surface area (Å²) in [6.07, 6.45) is 2.97. The van der Waals surface area contributed by atoms with Gasteiger partial charge >= 0.3 is 0 Å². The summed E-state index contributed by atoms with van der Waals surface area (Å²) in [7, 11) is 1.69. The molecule has 0 amide bonds. The van der Waals surface area contributed by atoms with Crippen molar-refractivity contribution in [3.63, 3.8) is 0 Å². The molecule has 2 aromatic rings. The van der Waals surface area contributed by atoms with Crippen molar-refractivity contribution in [1.29, 1.82) is 0 Å². The summed E-state index contributed by atoms with van der Waals surface area (Å²) in [5.74, 6) is 0.907. The molecule has 4 heteroatoms. The van der Waals surface area contributed by atoms with Crippen LogP contribution < -0.4 is 10.1 Å². The van der Waals surface area contributed by atoms with Gasteiger partial charge in [-0.2, -0.15) is 0 Å². The first-order valence-electron chi connectivity index (χ1n) is 6.45. The van der Waals surface area contributed by atoms with E-state index in [2.05, 4.69) is 29.4 Å². The van der Waals surface area contributed by atoms with Crippen molar-refractivity contribution >= 4 is 11.3 Å². The number of nitrogens with zero attached hydrogens (tertiary/aromatic N) is 1. The molecule has 0 aliphatic heterocycles. The van der Waals surface area contributed by atoms with Crippen molar-refractivity contribution in [2.24, 2.45) is 0 Å². The summed E-state index contributed by atoms with van der Waals surface area (Å²) in [6.45, 7) is 5.13. The number of aromatic nitrogens is 1. The Balaban J connectivity index is 1.81.